The summed E-state index contributed by atoms with van der Waals surface area (Å²) in [6.45, 7) is 0.0133. The van der Waals surface area contributed by atoms with Gasteiger partial charge < -0.3 is 20.5 Å². The number of benzene rings is 1. The number of nitrogen functional groups attached to an aromatic ring is 1. The van der Waals surface area contributed by atoms with Crippen LogP contribution in [-0.2, 0) is 11.3 Å². The van der Waals surface area contributed by atoms with Crippen molar-refractivity contribution in [1.82, 2.24) is 15.0 Å². The zero-order valence-corrected chi connectivity index (χ0v) is 11.2. The summed E-state index contributed by atoms with van der Waals surface area (Å²) in [7, 11) is 3.07. The smallest absolute Gasteiger partial charge is 0.246 e. The molecular weight excluding hydrogens is 262 g/mol. The Bertz CT molecular complexity index is 611. The number of carbonyl (C=O) groups is 1. The van der Waals surface area contributed by atoms with Gasteiger partial charge in [-0.2, -0.15) is 0 Å². The lowest BCUT2D eigenvalue weighted by molar-refractivity contribution is -0.116. The molecule has 106 valence electrons. The second-order valence-corrected chi connectivity index (χ2v) is 3.96. The molecule has 3 N–H and O–H groups in total. The van der Waals surface area contributed by atoms with E-state index in [2.05, 4.69) is 15.6 Å². The molecule has 0 fully saturated rings. The number of methoxy groups -OCH3 is 2. The zero-order valence-electron chi connectivity index (χ0n) is 11.2. The van der Waals surface area contributed by atoms with Crippen LogP contribution in [0.25, 0.3) is 0 Å². The predicted molar refractivity (Wildman–Crippen MR) is 72.6 cm³/mol. The molecule has 1 aromatic carbocycles. The molecule has 0 unspecified atom stereocenters. The Morgan fingerprint density at radius 1 is 1.40 bits per heavy atom. The number of carbonyl (C=O) groups excluding carboxylic acids is 1. The van der Waals surface area contributed by atoms with E-state index >= 15 is 0 Å². The van der Waals surface area contributed by atoms with Crippen LogP contribution in [0, 0.1) is 0 Å². The monoisotopic (exact) mass is 277 g/mol. The summed E-state index contributed by atoms with van der Waals surface area (Å²) in [4.78, 5) is 11.9. The lowest BCUT2D eigenvalue weighted by Gasteiger charge is -2.11. The van der Waals surface area contributed by atoms with Crippen molar-refractivity contribution < 1.29 is 14.3 Å². The number of anilines is 2. The highest BCUT2D eigenvalue weighted by molar-refractivity contribution is 5.92. The molecule has 0 spiro atoms. The molecule has 0 saturated carbocycles. The maximum Gasteiger partial charge on any atom is 0.246 e. The number of hydrogen-bond acceptors (Lipinski definition) is 6. The number of amides is 1. The first kappa shape index (κ1) is 13.7. The summed E-state index contributed by atoms with van der Waals surface area (Å²) in [5.41, 5.74) is 5.97. The molecule has 0 aliphatic heterocycles. The number of nitrogens with zero attached hydrogens (tertiary/aromatic N) is 3. The van der Waals surface area contributed by atoms with Crippen LogP contribution < -0.4 is 20.5 Å². The van der Waals surface area contributed by atoms with E-state index < -0.39 is 0 Å². The minimum absolute atomic E-state index is 0.0133. The Morgan fingerprint density at radius 3 is 2.80 bits per heavy atom. The minimum Gasteiger partial charge on any atom is -0.497 e. The van der Waals surface area contributed by atoms with Crippen molar-refractivity contribution in [3.63, 3.8) is 0 Å². The number of ether oxygens (including phenoxy) is 2. The predicted octanol–water partition coefficient (Wildman–Crippen LogP) is 0.516. The number of nitrogens with one attached hydrogen (secondary N) is 1. The van der Waals surface area contributed by atoms with E-state index in [0.29, 0.717) is 17.2 Å². The van der Waals surface area contributed by atoms with E-state index in [-0.39, 0.29) is 18.3 Å². The zero-order chi connectivity index (χ0) is 14.5. The lowest BCUT2D eigenvalue weighted by atomic mass is 10.2. The van der Waals surface area contributed by atoms with Gasteiger partial charge in [-0.1, -0.05) is 5.21 Å². The Labute approximate surface area is 115 Å². The van der Waals surface area contributed by atoms with Crippen molar-refractivity contribution in [1.29, 1.82) is 0 Å². The van der Waals surface area contributed by atoms with Crippen LogP contribution in [0.1, 0.15) is 0 Å². The number of aromatic nitrogens is 3. The molecule has 0 radical (unpaired) electrons. The fraction of sp³-hybridized carbons (Fsp3) is 0.250. The van der Waals surface area contributed by atoms with Crippen molar-refractivity contribution in [2.75, 3.05) is 25.3 Å². The van der Waals surface area contributed by atoms with Crippen LogP contribution in [0.4, 0.5) is 11.5 Å². The summed E-state index contributed by atoms with van der Waals surface area (Å²) >= 11 is 0. The van der Waals surface area contributed by atoms with Gasteiger partial charge in [-0.15, -0.1) is 5.10 Å². The minimum atomic E-state index is -0.265. The molecule has 20 heavy (non-hydrogen) atoms. The van der Waals surface area contributed by atoms with Crippen LogP contribution in [0.2, 0.25) is 0 Å². The van der Waals surface area contributed by atoms with Gasteiger partial charge in [-0.25, -0.2) is 4.68 Å². The summed E-state index contributed by atoms with van der Waals surface area (Å²) in [5, 5.41) is 10.0. The highest BCUT2D eigenvalue weighted by Gasteiger charge is 2.10. The topological polar surface area (TPSA) is 104 Å². The van der Waals surface area contributed by atoms with Crippen molar-refractivity contribution in [3.8, 4) is 11.5 Å². The van der Waals surface area contributed by atoms with Crippen molar-refractivity contribution in [3.05, 3.63) is 24.4 Å². The third-order valence-electron chi connectivity index (χ3n) is 2.54. The number of nitrogens with two attached hydrogens (primary N) is 1. The third-order valence-corrected chi connectivity index (χ3v) is 2.54. The molecular formula is C12H15N5O3. The molecule has 2 aromatic rings. The van der Waals surface area contributed by atoms with E-state index in [0.717, 1.165) is 0 Å². The molecule has 2 rings (SSSR count). The highest BCUT2D eigenvalue weighted by Crippen LogP contribution is 2.28. The van der Waals surface area contributed by atoms with E-state index in [9.17, 15) is 4.79 Å². The first-order valence-electron chi connectivity index (χ1n) is 5.80. The highest BCUT2D eigenvalue weighted by atomic mass is 16.5. The van der Waals surface area contributed by atoms with Gasteiger partial charge in [0, 0.05) is 6.07 Å². The average Bonchev–Trinajstić information content (AvgIpc) is 2.84. The largest absolute Gasteiger partial charge is 0.497 e. The van der Waals surface area contributed by atoms with Crippen molar-refractivity contribution >= 4 is 17.4 Å². The summed E-state index contributed by atoms with van der Waals surface area (Å²) < 4.78 is 11.6. The van der Waals surface area contributed by atoms with Gasteiger partial charge in [-0.3, -0.25) is 4.79 Å². The first-order chi connectivity index (χ1) is 9.62. The SMILES string of the molecule is COc1ccc(NC(=O)Cn2cc(N)nn2)c(OC)c1. The molecule has 0 atom stereocenters. The maximum atomic E-state index is 11.9. The molecule has 8 heteroatoms. The molecule has 0 bridgehead atoms. The quantitative estimate of drug-likeness (QED) is 0.825. The van der Waals surface area contributed by atoms with Gasteiger partial charge in [0.1, 0.15) is 18.0 Å². The van der Waals surface area contributed by atoms with Crippen molar-refractivity contribution in [2.45, 2.75) is 6.54 Å². The van der Waals surface area contributed by atoms with Crippen LogP contribution in [0.15, 0.2) is 24.4 Å². The summed E-state index contributed by atoms with van der Waals surface area (Å²) in [5.74, 6) is 1.15. The summed E-state index contributed by atoms with van der Waals surface area (Å²) in [6.07, 6.45) is 1.48. The third kappa shape index (κ3) is 3.16. The lowest BCUT2D eigenvalue weighted by Crippen LogP contribution is -2.19. The van der Waals surface area contributed by atoms with E-state index in [1.807, 2.05) is 0 Å². The molecule has 0 saturated heterocycles. The average molecular weight is 277 g/mol. The Balaban J connectivity index is 2.07. The number of hydrogen-bond donors (Lipinski definition) is 2. The summed E-state index contributed by atoms with van der Waals surface area (Å²) in [6, 6.07) is 5.11. The normalized spacial score (nSPS) is 10.1. The second kappa shape index (κ2) is 5.91. The van der Waals surface area contributed by atoms with E-state index in [1.165, 1.54) is 18.0 Å². The molecule has 0 aliphatic rings. The van der Waals surface area contributed by atoms with Gasteiger partial charge in [0.05, 0.1) is 26.1 Å². The van der Waals surface area contributed by atoms with Crippen LogP contribution >= 0.6 is 0 Å². The van der Waals surface area contributed by atoms with Gasteiger partial charge in [0.15, 0.2) is 5.82 Å². The van der Waals surface area contributed by atoms with Crippen molar-refractivity contribution in [2.24, 2.45) is 0 Å². The molecule has 1 amide bonds. The van der Waals surface area contributed by atoms with Crippen LogP contribution in [0.3, 0.4) is 0 Å². The number of rotatable bonds is 5. The van der Waals surface area contributed by atoms with Gasteiger partial charge in [0.2, 0.25) is 5.91 Å². The standard InChI is InChI=1S/C12H15N5O3/c1-19-8-3-4-9(10(5-8)20-2)14-12(18)7-17-6-11(13)15-16-17/h3-6H,7,13H2,1-2H3,(H,14,18). The van der Waals surface area contributed by atoms with Gasteiger partial charge in [-0.05, 0) is 12.1 Å². The van der Waals surface area contributed by atoms with Gasteiger partial charge in [0.25, 0.3) is 0 Å². The Kier molecular flexibility index (Phi) is 4.04. The van der Waals surface area contributed by atoms with Crippen LogP contribution in [0.5, 0.6) is 11.5 Å². The fourth-order valence-corrected chi connectivity index (χ4v) is 1.63. The Morgan fingerprint density at radius 2 is 2.20 bits per heavy atom. The fourth-order valence-electron chi connectivity index (χ4n) is 1.63. The Hall–Kier alpha value is -2.77. The molecule has 1 heterocycles. The first-order valence-corrected chi connectivity index (χ1v) is 5.80. The van der Waals surface area contributed by atoms with Crippen LogP contribution in [-0.4, -0.2) is 35.1 Å². The molecule has 0 aliphatic carbocycles. The molecule has 1 aromatic heterocycles. The molecule has 8 nitrogen and oxygen atoms in total. The van der Waals surface area contributed by atoms with Gasteiger partial charge >= 0.3 is 0 Å². The maximum absolute atomic E-state index is 11.9. The van der Waals surface area contributed by atoms with E-state index in [4.69, 9.17) is 15.2 Å². The van der Waals surface area contributed by atoms with E-state index in [1.54, 1.807) is 25.3 Å². The second-order valence-electron chi connectivity index (χ2n) is 3.96.